The molecular formula is C10H13ClN2O. The molecule has 4 heteroatoms. The molecule has 2 heterocycles. The average molecular weight is 213 g/mol. The summed E-state index contributed by atoms with van der Waals surface area (Å²) in [7, 11) is 0. The third-order valence-corrected chi connectivity index (χ3v) is 2.59. The Balaban J connectivity index is 2.22. The minimum absolute atomic E-state index is 0.555. The topological polar surface area (TPSA) is 25.4 Å². The molecule has 0 unspecified atom stereocenters. The summed E-state index contributed by atoms with van der Waals surface area (Å²) in [6.07, 6.45) is 0. The molecule has 0 aliphatic carbocycles. The van der Waals surface area contributed by atoms with Crippen LogP contribution in [-0.2, 0) is 4.74 Å². The van der Waals surface area contributed by atoms with Crippen LogP contribution in [-0.4, -0.2) is 31.3 Å². The maximum Gasteiger partial charge on any atom is 0.129 e. The summed E-state index contributed by atoms with van der Waals surface area (Å²) < 4.78 is 5.30. The van der Waals surface area contributed by atoms with Crippen LogP contribution in [0.2, 0.25) is 5.15 Å². The molecule has 1 aliphatic rings. The number of morpholine rings is 1. The van der Waals surface area contributed by atoms with E-state index in [9.17, 15) is 0 Å². The fourth-order valence-electron chi connectivity index (χ4n) is 1.66. The van der Waals surface area contributed by atoms with Crippen LogP contribution in [0.5, 0.6) is 0 Å². The lowest BCUT2D eigenvalue weighted by Gasteiger charge is -2.29. The predicted octanol–water partition coefficient (Wildman–Crippen LogP) is 1.88. The van der Waals surface area contributed by atoms with Crippen molar-refractivity contribution in [3.05, 3.63) is 23.0 Å². The van der Waals surface area contributed by atoms with Crippen molar-refractivity contribution in [2.75, 3.05) is 31.2 Å². The Labute approximate surface area is 88.6 Å². The maximum atomic E-state index is 5.80. The molecule has 1 saturated heterocycles. The summed E-state index contributed by atoms with van der Waals surface area (Å²) in [4.78, 5) is 6.51. The normalized spacial score (nSPS) is 17.1. The quantitative estimate of drug-likeness (QED) is 0.665. The van der Waals surface area contributed by atoms with Crippen molar-refractivity contribution in [2.45, 2.75) is 6.92 Å². The first-order chi connectivity index (χ1) is 6.77. The number of rotatable bonds is 1. The zero-order chi connectivity index (χ0) is 9.97. The lowest BCUT2D eigenvalue weighted by molar-refractivity contribution is 0.122. The Hall–Kier alpha value is -0.800. The fourth-order valence-corrected chi connectivity index (χ4v) is 1.85. The zero-order valence-electron chi connectivity index (χ0n) is 8.16. The average Bonchev–Trinajstić information content (AvgIpc) is 2.19. The second-order valence-corrected chi connectivity index (χ2v) is 3.73. The summed E-state index contributed by atoms with van der Waals surface area (Å²) in [5, 5.41) is 0.555. The highest BCUT2D eigenvalue weighted by molar-refractivity contribution is 6.29. The molecule has 0 spiro atoms. The van der Waals surface area contributed by atoms with Gasteiger partial charge >= 0.3 is 0 Å². The van der Waals surface area contributed by atoms with Gasteiger partial charge in [-0.15, -0.1) is 0 Å². The fraction of sp³-hybridized carbons (Fsp3) is 0.500. The molecular weight excluding hydrogens is 200 g/mol. The van der Waals surface area contributed by atoms with Gasteiger partial charge in [-0.1, -0.05) is 11.6 Å². The van der Waals surface area contributed by atoms with Gasteiger partial charge in [-0.25, -0.2) is 4.98 Å². The highest BCUT2D eigenvalue weighted by Gasteiger charge is 2.13. The minimum atomic E-state index is 0.555. The first kappa shape index (κ1) is 9.74. The third-order valence-electron chi connectivity index (χ3n) is 2.38. The molecule has 1 aromatic rings. The van der Waals surface area contributed by atoms with Crippen LogP contribution in [0.4, 0.5) is 5.69 Å². The molecule has 3 nitrogen and oxygen atoms in total. The molecule has 2 rings (SSSR count). The lowest BCUT2D eigenvalue weighted by atomic mass is 10.2. The van der Waals surface area contributed by atoms with E-state index in [2.05, 4.69) is 9.88 Å². The summed E-state index contributed by atoms with van der Waals surface area (Å²) in [6.45, 7) is 5.44. The second kappa shape index (κ2) is 4.15. The Morgan fingerprint density at radius 3 is 2.71 bits per heavy atom. The lowest BCUT2D eigenvalue weighted by Crippen LogP contribution is -2.36. The van der Waals surface area contributed by atoms with Crippen LogP contribution in [0.15, 0.2) is 12.1 Å². The molecule has 0 bridgehead atoms. The Kier molecular flexibility index (Phi) is 2.89. The van der Waals surface area contributed by atoms with E-state index in [1.807, 2.05) is 19.1 Å². The van der Waals surface area contributed by atoms with E-state index < -0.39 is 0 Å². The SMILES string of the molecule is Cc1nc(Cl)ccc1N1CCOCC1. The number of hydrogen-bond donors (Lipinski definition) is 0. The maximum absolute atomic E-state index is 5.80. The molecule has 0 aromatic carbocycles. The summed E-state index contributed by atoms with van der Waals surface area (Å²) in [6, 6.07) is 3.86. The first-order valence-corrected chi connectivity index (χ1v) is 5.11. The van der Waals surface area contributed by atoms with Gasteiger partial charge in [0.15, 0.2) is 0 Å². The van der Waals surface area contributed by atoms with Crippen molar-refractivity contribution >= 4 is 17.3 Å². The number of halogens is 1. The van der Waals surface area contributed by atoms with Crippen LogP contribution >= 0.6 is 11.6 Å². The Morgan fingerprint density at radius 1 is 1.36 bits per heavy atom. The number of aromatic nitrogens is 1. The van der Waals surface area contributed by atoms with Gasteiger partial charge in [0, 0.05) is 13.1 Å². The van der Waals surface area contributed by atoms with Gasteiger partial charge < -0.3 is 9.64 Å². The standard InChI is InChI=1S/C10H13ClN2O/c1-8-9(2-3-10(11)12-8)13-4-6-14-7-5-13/h2-3H,4-7H2,1H3. The number of nitrogens with zero attached hydrogens (tertiary/aromatic N) is 2. The largest absolute Gasteiger partial charge is 0.378 e. The van der Waals surface area contributed by atoms with E-state index >= 15 is 0 Å². The van der Waals surface area contributed by atoms with Crippen LogP contribution in [0.3, 0.4) is 0 Å². The number of aryl methyl sites for hydroxylation is 1. The van der Waals surface area contributed by atoms with Crippen molar-refractivity contribution in [1.29, 1.82) is 0 Å². The number of anilines is 1. The molecule has 0 atom stereocenters. The van der Waals surface area contributed by atoms with Crippen LogP contribution < -0.4 is 4.90 Å². The number of ether oxygens (including phenoxy) is 1. The van der Waals surface area contributed by atoms with E-state index in [1.54, 1.807) is 0 Å². The van der Waals surface area contributed by atoms with E-state index in [0.29, 0.717) is 5.15 Å². The van der Waals surface area contributed by atoms with E-state index in [1.165, 1.54) is 0 Å². The summed E-state index contributed by atoms with van der Waals surface area (Å²) in [5.41, 5.74) is 2.15. The van der Waals surface area contributed by atoms with Gasteiger partial charge in [-0.2, -0.15) is 0 Å². The van der Waals surface area contributed by atoms with Crippen LogP contribution in [0.25, 0.3) is 0 Å². The zero-order valence-corrected chi connectivity index (χ0v) is 8.92. The highest BCUT2D eigenvalue weighted by Crippen LogP contribution is 2.21. The van der Waals surface area contributed by atoms with Gasteiger partial charge in [0.2, 0.25) is 0 Å². The first-order valence-electron chi connectivity index (χ1n) is 4.73. The van der Waals surface area contributed by atoms with E-state index in [4.69, 9.17) is 16.3 Å². The molecule has 0 amide bonds. The highest BCUT2D eigenvalue weighted by atomic mass is 35.5. The van der Waals surface area contributed by atoms with Gasteiger partial charge in [0.1, 0.15) is 5.15 Å². The molecule has 1 aromatic heterocycles. The molecule has 0 radical (unpaired) electrons. The number of hydrogen-bond acceptors (Lipinski definition) is 3. The molecule has 1 aliphatic heterocycles. The van der Waals surface area contributed by atoms with Crippen molar-refractivity contribution in [2.24, 2.45) is 0 Å². The predicted molar refractivity (Wildman–Crippen MR) is 57.0 cm³/mol. The third kappa shape index (κ3) is 1.99. The van der Waals surface area contributed by atoms with Gasteiger partial charge in [-0.3, -0.25) is 0 Å². The van der Waals surface area contributed by atoms with Gasteiger partial charge in [0.25, 0.3) is 0 Å². The minimum Gasteiger partial charge on any atom is -0.378 e. The molecule has 1 fully saturated rings. The van der Waals surface area contributed by atoms with Crippen molar-refractivity contribution in [1.82, 2.24) is 4.98 Å². The molecule has 14 heavy (non-hydrogen) atoms. The Morgan fingerprint density at radius 2 is 2.07 bits per heavy atom. The van der Waals surface area contributed by atoms with E-state index in [-0.39, 0.29) is 0 Å². The van der Waals surface area contributed by atoms with Crippen LogP contribution in [0, 0.1) is 6.92 Å². The second-order valence-electron chi connectivity index (χ2n) is 3.34. The van der Waals surface area contributed by atoms with E-state index in [0.717, 1.165) is 37.7 Å². The van der Waals surface area contributed by atoms with Crippen LogP contribution in [0.1, 0.15) is 5.69 Å². The molecule has 76 valence electrons. The molecule has 0 saturated carbocycles. The smallest absolute Gasteiger partial charge is 0.129 e. The van der Waals surface area contributed by atoms with Gasteiger partial charge in [-0.05, 0) is 19.1 Å². The summed E-state index contributed by atoms with van der Waals surface area (Å²) in [5.74, 6) is 0. The van der Waals surface area contributed by atoms with Gasteiger partial charge in [0.05, 0.1) is 24.6 Å². The number of pyridine rings is 1. The van der Waals surface area contributed by atoms with Crippen molar-refractivity contribution in [3.63, 3.8) is 0 Å². The molecule has 0 N–H and O–H groups in total. The summed E-state index contributed by atoms with van der Waals surface area (Å²) >= 11 is 5.80. The van der Waals surface area contributed by atoms with Crippen molar-refractivity contribution in [3.8, 4) is 0 Å². The van der Waals surface area contributed by atoms with Crippen molar-refractivity contribution < 1.29 is 4.74 Å². The monoisotopic (exact) mass is 212 g/mol. The Bertz CT molecular complexity index is 324.